The quantitative estimate of drug-likeness (QED) is 0.788. The summed E-state index contributed by atoms with van der Waals surface area (Å²) in [5.41, 5.74) is 0.854. The number of fused-ring (bicyclic) bond motifs is 1. The Morgan fingerprint density at radius 2 is 2.11 bits per heavy atom. The molecule has 0 saturated carbocycles. The molecular weight excluding hydrogens is 353 g/mol. The van der Waals surface area contributed by atoms with Crippen molar-refractivity contribution >= 4 is 40.7 Å². The molecule has 8 heteroatoms. The molecule has 1 aliphatic heterocycles. The minimum Gasteiger partial charge on any atom is -0.307 e. The molecule has 0 radical (unpaired) electrons. The second kappa shape index (κ2) is 6.65. The zero-order valence-electron chi connectivity index (χ0n) is 10.2. The zero-order valence-corrected chi connectivity index (χ0v) is 13.4. The summed E-state index contributed by atoms with van der Waals surface area (Å²) in [5, 5.41) is 11.8. The summed E-state index contributed by atoms with van der Waals surface area (Å²) in [4.78, 5) is 4.42. The Labute approximate surface area is 132 Å². The molecule has 0 fully saturated rings. The van der Waals surface area contributed by atoms with Crippen LogP contribution in [0.4, 0.5) is 0 Å². The SMILES string of the molecule is CC1NCCn2c(-c3cccc(Br)n3)nnc21.Cl.Cl. The van der Waals surface area contributed by atoms with E-state index in [0.717, 1.165) is 35.0 Å². The molecule has 104 valence electrons. The number of aromatic nitrogens is 4. The van der Waals surface area contributed by atoms with E-state index in [2.05, 4.69) is 47.9 Å². The Morgan fingerprint density at radius 3 is 2.84 bits per heavy atom. The Kier molecular flexibility index (Phi) is 5.73. The highest BCUT2D eigenvalue weighted by Crippen LogP contribution is 2.22. The maximum atomic E-state index is 4.42. The Hall–Kier alpha value is -0.690. The van der Waals surface area contributed by atoms with Gasteiger partial charge in [-0.25, -0.2) is 4.98 Å². The van der Waals surface area contributed by atoms with Crippen molar-refractivity contribution in [2.45, 2.75) is 19.5 Å². The molecule has 0 bridgehead atoms. The largest absolute Gasteiger partial charge is 0.307 e. The second-order valence-electron chi connectivity index (χ2n) is 4.05. The molecule has 0 saturated heterocycles. The summed E-state index contributed by atoms with van der Waals surface area (Å²) in [6.45, 7) is 3.92. The summed E-state index contributed by atoms with van der Waals surface area (Å²) < 4.78 is 2.95. The van der Waals surface area contributed by atoms with Crippen LogP contribution in [0.25, 0.3) is 11.5 Å². The van der Waals surface area contributed by atoms with Crippen molar-refractivity contribution in [2.24, 2.45) is 0 Å². The minimum atomic E-state index is 0. The maximum absolute atomic E-state index is 4.42. The summed E-state index contributed by atoms with van der Waals surface area (Å²) >= 11 is 3.37. The lowest BCUT2D eigenvalue weighted by atomic mass is 10.2. The molecule has 1 unspecified atom stereocenters. The number of hydrogen-bond donors (Lipinski definition) is 1. The Bertz CT molecular complexity index is 560. The molecule has 1 atom stereocenters. The molecule has 2 aromatic rings. The van der Waals surface area contributed by atoms with Crippen LogP contribution in [-0.4, -0.2) is 26.3 Å². The molecule has 1 N–H and O–H groups in total. The maximum Gasteiger partial charge on any atom is 0.182 e. The standard InChI is InChI=1S/C11H12BrN5.2ClH/c1-7-10-15-16-11(17(10)6-5-13-7)8-3-2-4-9(12)14-8;;/h2-4,7,13H,5-6H2,1H3;2*1H. The Balaban J connectivity index is 0.000000902. The number of rotatable bonds is 1. The van der Waals surface area contributed by atoms with E-state index in [4.69, 9.17) is 0 Å². The van der Waals surface area contributed by atoms with Crippen LogP contribution in [0.2, 0.25) is 0 Å². The molecule has 3 heterocycles. The van der Waals surface area contributed by atoms with E-state index in [0.29, 0.717) is 0 Å². The van der Waals surface area contributed by atoms with Crippen LogP contribution in [0.5, 0.6) is 0 Å². The summed E-state index contributed by atoms with van der Waals surface area (Å²) in [5.74, 6) is 1.82. The molecule has 1 aliphatic rings. The number of halogens is 3. The van der Waals surface area contributed by atoms with Gasteiger partial charge >= 0.3 is 0 Å². The number of nitrogens with one attached hydrogen (secondary N) is 1. The molecular formula is C11H14BrCl2N5. The van der Waals surface area contributed by atoms with Gasteiger partial charge in [-0.1, -0.05) is 6.07 Å². The predicted octanol–water partition coefficient (Wildman–Crippen LogP) is 2.61. The summed E-state index contributed by atoms with van der Waals surface area (Å²) in [6.07, 6.45) is 0. The first-order valence-electron chi connectivity index (χ1n) is 5.55. The lowest BCUT2D eigenvalue weighted by Gasteiger charge is -2.21. The number of nitrogens with zero attached hydrogens (tertiary/aromatic N) is 4. The van der Waals surface area contributed by atoms with Gasteiger partial charge in [0.25, 0.3) is 0 Å². The van der Waals surface area contributed by atoms with Crippen LogP contribution in [0.1, 0.15) is 18.8 Å². The van der Waals surface area contributed by atoms with Crippen molar-refractivity contribution in [3.8, 4) is 11.5 Å². The molecule has 19 heavy (non-hydrogen) atoms. The van der Waals surface area contributed by atoms with Crippen LogP contribution in [-0.2, 0) is 6.54 Å². The highest BCUT2D eigenvalue weighted by molar-refractivity contribution is 9.10. The van der Waals surface area contributed by atoms with E-state index >= 15 is 0 Å². The fraction of sp³-hybridized carbons (Fsp3) is 0.364. The average Bonchev–Trinajstić information content (AvgIpc) is 2.74. The third kappa shape index (κ3) is 3.08. The van der Waals surface area contributed by atoms with Crippen molar-refractivity contribution in [3.63, 3.8) is 0 Å². The fourth-order valence-corrected chi connectivity index (χ4v) is 2.41. The van der Waals surface area contributed by atoms with E-state index in [9.17, 15) is 0 Å². The molecule has 2 aromatic heterocycles. The lowest BCUT2D eigenvalue weighted by molar-refractivity contribution is 0.438. The topological polar surface area (TPSA) is 55.6 Å². The van der Waals surface area contributed by atoms with Gasteiger partial charge in [0, 0.05) is 13.1 Å². The van der Waals surface area contributed by atoms with Gasteiger partial charge in [0.15, 0.2) is 5.82 Å². The average molecular weight is 367 g/mol. The summed E-state index contributed by atoms with van der Waals surface area (Å²) in [6, 6.07) is 6.06. The van der Waals surface area contributed by atoms with Gasteiger partial charge in [-0.3, -0.25) is 0 Å². The van der Waals surface area contributed by atoms with E-state index in [1.165, 1.54) is 0 Å². The van der Waals surface area contributed by atoms with Crippen molar-refractivity contribution in [1.29, 1.82) is 0 Å². The van der Waals surface area contributed by atoms with Crippen LogP contribution < -0.4 is 5.32 Å². The highest BCUT2D eigenvalue weighted by atomic mass is 79.9. The summed E-state index contributed by atoms with van der Waals surface area (Å²) in [7, 11) is 0. The van der Waals surface area contributed by atoms with Gasteiger partial charge in [0.2, 0.25) is 0 Å². The van der Waals surface area contributed by atoms with Gasteiger partial charge in [-0.05, 0) is 35.0 Å². The van der Waals surface area contributed by atoms with Gasteiger partial charge in [-0.2, -0.15) is 0 Å². The minimum absolute atomic E-state index is 0. The highest BCUT2D eigenvalue weighted by Gasteiger charge is 2.22. The van der Waals surface area contributed by atoms with Gasteiger partial charge in [0.05, 0.1) is 6.04 Å². The number of hydrogen-bond acceptors (Lipinski definition) is 4. The first-order chi connectivity index (χ1) is 8.25. The van der Waals surface area contributed by atoms with Crippen molar-refractivity contribution in [1.82, 2.24) is 25.1 Å². The molecule has 0 amide bonds. The smallest absolute Gasteiger partial charge is 0.182 e. The van der Waals surface area contributed by atoms with Gasteiger partial charge < -0.3 is 9.88 Å². The van der Waals surface area contributed by atoms with Crippen molar-refractivity contribution < 1.29 is 0 Å². The van der Waals surface area contributed by atoms with Crippen LogP contribution in [0.3, 0.4) is 0 Å². The first-order valence-corrected chi connectivity index (χ1v) is 6.34. The predicted molar refractivity (Wildman–Crippen MR) is 81.9 cm³/mol. The van der Waals surface area contributed by atoms with Gasteiger partial charge in [-0.15, -0.1) is 35.0 Å². The molecule has 5 nitrogen and oxygen atoms in total. The molecule has 0 aromatic carbocycles. The zero-order chi connectivity index (χ0) is 11.8. The van der Waals surface area contributed by atoms with Crippen molar-refractivity contribution in [3.05, 3.63) is 28.6 Å². The monoisotopic (exact) mass is 365 g/mol. The molecule has 0 aliphatic carbocycles. The number of pyridine rings is 1. The fourth-order valence-electron chi connectivity index (χ4n) is 2.06. The third-order valence-corrected chi connectivity index (χ3v) is 3.34. The van der Waals surface area contributed by atoms with E-state index in [1.54, 1.807) is 0 Å². The van der Waals surface area contributed by atoms with Crippen LogP contribution in [0, 0.1) is 0 Å². The third-order valence-electron chi connectivity index (χ3n) is 2.90. The van der Waals surface area contributed by atoms with E-state index < -0.39 is 0 Å². The van der Waals surface area contributed by atoms with E-state index in [-0.39, 0.29) is 30.9 Å². The van der Waals surface area contributed by atoms with Crippen molar-refractivity contribution in [2.75, 3.05) is 6.54 Å². The molecule has 3 rings (SSSR count). The second-order valence-corrected chi connectivity index (χ2v) is 4.87. The van der Waals surface area contributed by atoms with E-state index in [1.807, 2.05) is 18.2 Å². The first kappa shape index (κ1) is 16.4. The van der Waals surface area contributed by atoms with Crippen LogP contribution in [0.15, 0.2) is 22.8 Å². The Morgan fingerprint density at radius 1 is 1.32 bits per heavy atom. The van der Waals surface area contributed by atoms with Crippen LogP contribution >= 0.6 is 40.7 Å². The molecule has 0 spiro atoms. The normalized spacial score (nSPS) is 17.1. The van der Waals surface area contributed by atoms with Gasteiger partial charge in [0.1, 0.15) is 16.1 Å². The lowest BCUT2D eigenvalue weighted by Crippen LogP contribution is -2.32.